The molecular weight excluding hydrogens is 354 g/mol. The number of benzene rings is 1. The van der Waals surface area contributed by atoms with E-state index in [-0.39, 0.29) is 18.2 Å². The SMILES string of the molecule is CC1CN(c2ccc(NC(=O)Nc3cccc4cccnc34)cn2)CC(C)O1. The van der Waals surface area contributed by atoms with Crippen molar-refractivity contribution in [3.05, 3.63) is 54.9 Å². The lowest BCUT2D eigenvalue weighted by Gasteiger charge is -2.36. The summed E-state index contributed by atoms with van der Waals surface area (Å²) >= 11 is 0. The number of fused-ring (bicyclic) bond motifs is 1. The summed E-state index contributed by atoms with van der Waals surface area (Å²) in [7, 11) is 0. The van der Waals surface area contributed by atoms with Crippen molar-refractivity contribution in [1.82, 2.24) is 9.97 Å². The van der Waals surface area contributed by atoms with Gasteiger partial charge in [0.15, 0.2) is 0 Å². The fraction of sp³-hybridized carbons (Fsp3) is 0.286. The van der Waals surface area contributed by atoms with E-state index in [0.717, 1.165) is 29.8 Å². The lowest BCUT2D eigenvalue weighted by molar-refractivity contribution is -0.00545. The van der Waals surface area contributed by atoms with Gasteiger partial charge in [-0.3, -0.25) is 4.98 Å². The van der Waals surface area contributed by atoms with Crippen LogP contribution in [0.3, 0.4) is 0 Å². The van der Waals surface area contributed by atoms with Gasteiger partial charge < -0.3 is 20.3 Å². The largest absolute Gasteiger partial charge is 0.372 e. The number of urea groups is 1. The molecule has 144 valence electrons. The highest BCUT2D eigenvalue weighted by Crippen LogP contribution is 2.22. The van der Waals surface area contributed by atoms with Gasteiger partial charge in [-0.05, 0) is 38.1 Å². The maximum atomic E-state index is 12.4. The molecule has 7 heteroatoms. The first-order valence-corrected chi connectivity index (χ1v) is 9.37. The summed E-state index contributed by atoms with van der Waals surface area (Å²) in [6.07, 6.45) is 3.72. The van der Waals surface area contributed by atoms with Gasteiger partial charge in [-0.1, -0.05) is 18.2 Å². The molecule has 1 aliphatic rings. The number of nitrogens with zero attached hydrogens (tertiary/aromatic N) is 3. The lowest BCUT2D eigenvalue weighted by atomic mass is 10.2. The lowest BCUT2D eigenvalue weighted by Crippen LogP contribution is -2.45. The Bertz CT molecular complexity index is 961. The minimum absolute atomic E-state index is 0.170. The second-order valence-electron chi connectivity index (χ2n) is 7.03. The minimum Gasteiger partial charge on any atom is -0.372 e. The molecule has 3 aromatic rings. The number of rotatable bonds is 3. The van der Waals surface area contributed by atoms with Crippen molar-refractivity contribution >= 4 is 34.1 Å². The van der Waals surface area contributed by atoms with E-state index in [0.29, 0.717) is 11.4 Å². The third-order valence-electron chi connectivity index (χ3n) is 4.63. The quantitative estimate of drug-likeness (QED) is 0.724. The molecule has 2 amide bonds. The number of hydrogen-bond donors (Lipinski definition) is 2. The number of hydrogen-bond acceptors (Lipinski definition) is 5. The molecule has 1 saturated heterocycles. The van der Waals surface area contributed by atoms with Crippen molar-refractivity contribution in [3.8, 4) is 0 Å². The zero-order valence-corrected chi connectivity index (χ0v) is 15.9. The van der Waals surface area contributed by atoms with Crippen molar-refractivity contribution in [2.45, 2.75) is 26.1 Å². The molecule has 0 saturated carbocycles. The van der Waals surface area contributed by atoms with Crippen LogP contribution < -0.4 is 15.5 Å². The second kappa shape index (κ2) is 7.82. The Hall–Kier alpha value is -3.19. The molecule has 2 N–H and O–H groups in total. The summed E-state index contributed by atoms with van der Waals surface area (Å²) in [6.45, 7) is 5.73. The second-order valence-corrected chi connectivity index (χ2v) is 7.03. The summed E-state index contributed by atoms with van der Waals surface area (Å²) in [5.74, 6) is 0.881. The molecule has 4 rings (SSSR count). The number of para-hydroxylation sites is 1. The van der Waals surface area contributed by atoms with E-state index >= 15 is 0 Å². The number of carbonyl (C=O) groups excluding carboxylic acids is 1. The molecule has 7 nitrogen and oxygen atoms in total. The van der Waals surface area contributed by atoms with Crippen molar-refractivity contribution in [3.63, 3.8) is 0 Å². The summed E-state index contributed by atoms with van der Waals surface area (Å²) in [5.41, 5.74) is 2.05. The average molecular weight is 377 g/mol. The van der Waals surface area contributed by atoms with Gasteiger partial charge in [0.05, 0.1) is 35.3 Å². The van der Waals surface area contributed by atoms with Crippen LogP contribution in [0, 0.1) is 0 Å². The van der Waals surface area contributed by atoms with Gasteiger partial charge in [0.1, 0.15) is 5.82 Å². The molecule has 0 spiro atoms. The van der Waals surface area contributed by atoms with E-state index in [9.17, 15) is 4.79 Å². The van der Waals surface area contributed by atoms with Gasteiger partial charge in [-0.25, -0.2) is 9.78 Å². The van der Waals surface area contributed by atoms with E-state index in [2.05, 4.69) is 39.3 Å². The summed E-state index contributed by atoms with van der Waals surface area (Å²) in [5, 5.41) is 6.65. The summed E-state index contributed by atoms with van der Waals surface area (Å²) < 4.78 is 5.76. The van der Waals surface area contributed by atoms with Crippen molar-refractivity contribution in [2.24, 2.45) is 0 Å². The topological polar surface area (TPSA) is 79.4 Å². The van der Waals surface area contributed by atoms with E-state index in [1.165, 1.54) is 0 Å². The fourth-order valence-corrected chi connectivity index (χ4v) is 3.50. The highest BCUT2D eigenvalue weighted by atomic mass is 16.5. The van der Waals surface area contributed by atoms with Crippen LogP contribution in [0.4, 0.5) is 22.0 Å². The minimum atomic E-state index is -0.332. The van der Waals surface area contributed by atoms with Gasteiger partial charge >= 0.3 is 6.03 Å². The number of amides is 2. The Kier molecular flexibility index (Phi) is 5.08. The Labute approximate surface area is 163 Å². The highest BCUT2D eigenvalue weighted by Gasteiger charge is 2.23. The fourth-order valence-electron chi connectivity index (χ4n) is 3.50. The Balaban J connectivity index is 1.42. The van der Waals surface area contributed by atoms with Crippen molar-refractivity contribution in [1.29, 1.82) is 0 Å². The highest BCUT2D eigenvalue weighted by molar-refractivity contribution is 6.04. The molecular formula is C21H23N5O2. The standard InChI is InChI=1S/C21H23N5O2/c1-14-12-26(13-15(2)28-14)19-9-8-17(11-23-19)24-21(27)25-18-7-3-5-16-6-4-10-22-20(16)18/h3-11,14-15H,12-13H2,1-2H3,(H2,24,25,27). The molecule has 1 fully saturated rings. The van der Waals surface area contributed by atoms with Crippen LogP contribution in [-0.4, -0.2) is 41.3 Å². The smallest absolute Gasteiger partial charge is 0.323 e. The van der Waals surface area contributed by atoms with E-state index in [4.69, 9.17) is 4.74 Å². The molecule has 2 unspecified atom stereocenters. The number of anilines is 3. The number of ether oxygens (including phenoxy) is 1. The number of pyridine rings is 2. The zero-order chi connectivity index (χ0) is 19.5. The normalized spacial score (nSPS) is 19.4. The summed E-state index contributed by atoms with van der Waals surface area (Å²) in [4.78, 5) is 23.4. The molecule has 28 heavy (non-hydrogen) atoms. The van der Waals surface area contributed by atoms with Crippen LogP contribution in [0.1, 0.15) is 13.8 Å². The monoisotopic (exact) mass is 377 g/mol. The predicted molar refractivity (Wildman–Crippen MR) is 111 cm³/mol. The first kappa shape index (κ1) is 18.2. The van der Waals surface area contributed by atoms with Gasteiger partial charge in [0, 0.05) is 24.7 Å². The van der Waals surface area contributed by atoms with Crippen molar-refractivity contribution in [2.75, 3.05) is 28.6 Å². The van der Waals surface area contributed by atoms with E-state index in [1.807, 2.05) is 42.5 Å². The van der Waals surface area contributed by atoms with Gasteiger partial charge in [0.2, 0.25) is 0 Å². The molecule has 1 aromatic carbocycles. The third-order valence-corrected chi connectivity index (χ3v) is 4.63. The molecule has 1 aliphatic heterocycles. The van der Waals surface area contributed by atoms with Crippen LogP contribution >= 0.6 is 0 Å². The van der Waals surface area contributed by atoms with E-state index in [1.54, 1.807) is 12.4 Å². The average Bonchev–Trinajstić information content (AvgIpc) is 2.68. The number of morpholine rings is 1. The van der Waals surface area contributed by atoms with Crippen molar-refractivity contribution < 1.29 is 9.53 Å². The Morgan fingerprint density at radius 2 is 1.82 bits per heavy atom. The molecule has 0 aliphatic carbocycles. The van der Waals surface area contributed by atoms with Crippen LogP contribution in [0.2, 0.25) is 0 Å². The maximum Gasteiger partial charge on any atom is 0.323 e. The number of aromatic nitrogens is 2. The van der Waals surface area contributed by atoms with Gasteiger partial charge in [-0.15, -0.1) is 0 Å². The molecule has 0 bridgehead atoms. The molecule has 3 heterocycles. The van der Waals surface area contributed by atoms with E-state index < -0.39 is 0 Å². The van der Waals surface area contributed by atoms with Crippen LogP contribution in [0.15, 0.2) is 54.9 Å². The number of carbonyl (C=O) groups is 1. The Morgan fingerprint density at radius 3 is 2.57 bits per heavy atom. The van der Waals surface area contributed by atoms with Crippen LogP contribution in [0.5, 0.6) is 0 Å². The first-order chi connectivity index (χ1) is 13.6. The number of nitrogens with one attached hydrogen (secondary N) is 2. The maximum absolute atomic E-state index is 12.4. The predicted octanol–water partition coefficient (Wildman–Crippen LogP) is 3.89. The third kappa shape index (κ3) is 4.04. The molecule has 0 radical (unpaired) electrons. The van der Waals surface area contributed by atoms with Gasteiger partial charge in [-0.2, -0.15) is 0 Å². The first-order valence-electron chi connectivity index (χ1n) is 9.37. The molecule has 2 atom stereocenters. The van der Waals surface area contributed by atoms with Crippen LogP contribution in [-0.2, 0) is 4.74 Å². The van der Waals surface area contributed by atoms with Crippen LogP contribution in [0.25, 0.3) is 10.9 Å². The summed E-state index contributed by atoms with van der Waals surface area (Å²) in [6, 6.07) is 12.9. The Morgan fingerprint density at radius 1 is 1.04 bits per heavy atom. The molecule has 2 aromatic heterocycles. The zero-order valence-electron chi connectivity index (χ0n) is 15.9. The van der Waals surface area contributed by atoms with Gasteiger partial charge in [0.25, 0.3) is 0 Å².